The van der Waals surface area contributed by atoms with Crippen LogP contribution in [0, 0.1) is 5.92 Å². The van der Waals surface area contributed by atoms with Gasteiger partial charge in [-0.05, 0) is 38.3 Å². The molecule has 1 fully saturated rings. The Morgan fingerprint density at radius 2 is 2.31 bits per heavy atom. The Hall–Kier alpha value is -0.120. The molecule has 3 nitrogen and oxygen atoms in total. The molecule has 0 saturated carbocycles. The predicted octanol–water partition coefficient (Wildman–Crippen LogP) is 0.428. The van der Waals surface area contributed by atoms with Crippen LogP contribution in [-0.2, 0) is 0 Å². The van der Waals surface area contributed by atoms with Crippen LogP contribution in [0.25, 0.3) is 0 Å². The van der Waals surface area contributed by atoms with E-state index in [-0.39, 0.29) is 6.10 Å². The highest BCUT2D eigenvalue weighted by Crippen LogP contribution is 2.19. The van der Waals surface area contributed by atoms with Crippen molar-refractivity contribution in [2.45, 2.75) is 32.3 Å². The molecule has 3 heteroatoms. The second-order valence-corrected chi connectivity index (χ2v) is 3.97. The van der Waals surface area contributed by atoms with Gasteiger partial charge in [0, 0.05) is 13.1 Å². The van der Waals surface area contributed by atoms with Gasteiger partial charge in [-0.15, -0.1) is 0 Å². The number of aliphatic hydroxyl groups excluding tert-OH is 1. The summed E-state index contributed by atoms with van der Waals surface area (Å²) in [6.07, 6.45) is 3.02. The molecular weight excluding hydrogens is 164 g/mol. The van der Waals surface area contributed by atoms with Gasteiger partial charge in [-0.1, -0.05) is 6.92 Å². The van der Waals surface area contributed by atoms with Crippen LogP contribution in [0.4, 0.5) is 0 Å². The lowest BCUT2D eigenvalue weighted by atomic mass is 9.92. The van der Waals surface area contributed by atoms with E-state index in [9.17, 15) is 5.11 Å². The van der Waals surface area contributed by atoms with Crippen LogP contribution < -0.4 is 5.73 Å². The quantitative estimate of drug-likeness (QED) is 0.669. The Labute approximate surface area is 80.9 Å². The zero-order valence-electron chi connectivity index (χ0n) is 8.58. The summed E-state index contributed by atoms with van der Waals surface area (Å²) in [7, 11) is 0. The van der Waals surface area contributed by atoms with E-state index in [4.69, 9.17) is 5.73 Å². The normalized spacial score (nSPS) is 30.7. The molecule has 0 aromatic carbocycles. The lowest BCUT2D eigenvalue weighted by Crippen LogP contribution is -2.43. The lowest BCUT2D eigenvalue weighted by Gasteiger charge is -2.35. The molecule has 0 amide bonds. The number of nitrogens with two attached hydrogens (primary N) is 1. The van der Waals surface area contributed by atoms with Gasteiger partial charge >= 0.3 is 0 Å². The van der Waals surface area contributed by atoms with Crippen LogP contribution in [-0.4, -0.2) is 42.3 Å². The van der Waals surface area contributed by atoms with Crippen LogP contribution in [0.15, 0.2) is 0 Å². The highest BCUT2D eigenvalue weighted by atomic mass is 16.3. The van der Waals surface area contributed by atoms with Crippen molar-refractivity contribution in [1.29, 1.82) is 0 Å². The van der Waals surface area contributed by atoms with E-state index in [1.54, 1.807) is 0 Å². The van der Waals surface area contributed by atoms with Crippen molar-refractivity contribution in [3.8, 4) is 0 Å². The van der Waals surface area contributed by atoms with Crippen molar-refractivity contribution in [2.75, 3.05) is 26.2 Å². The maximum absolute atomic E-state index is 9.66. The molecule has 1 aliphatic heterocycles. The smallest absolute Gasteiger partial charge is 0.0592 e. The fraction of sp³-hybridized carbons (Fsp3) is 1.00. The first kappa shape index (κ1) is 11.0. The number of nitrogens with zero attached hydrogens (tertiary/aromatic N) is 1. The zero-order valence-corrected chi connectivity index (χ0v) is 8.58. The standard InChI is InChI=1S/C10H22N2O/c1-2-9-8-12(6-3-5-11)7-4-10(9)13/h9-10,13H,2-8,11H2,1H3/t9-,10-/m0/s1. The van der Waals surface area contributed by atoms with E-state index in [1.165, 1.54) is 0 Å². The van der Waals surface area contributed by atoms with Gasteiger partial charge in [0.05, 0.1) is 6.10 Å². The molecule has 0 radical (unpaired) electrons. The van der Waals surface area contributed by atoms with Crippen molar-refractivity contribution in [1.82, 2.24) is 4.90 Å². The molecule has 0 aliphatic carbocycles. The van der Waals surface area contributed by atoms with Crippen molar-refractivity contribution in [3.63, 3.8) is 0 Å². The van der Waals surface area contributed by atoms with Gasteiger partial charge in [-0.2, -0.15) is 0 Å². The van der Waals surface area contributed by atoms with Gasteiger partial charge in [-0.3, -0.25) is 0 Å². The number of likely N-dealkylation sites (tertiary alicyclic amines) is 1. The van der Waals surface area contributed by atoms with Crippen LogP contribution in [0.2, 0.25) is 0 Å². The first-order chi connectivity index (χ1) is 6.27. The third-order valence-electron chi connectivity index (χ3n) is 2.98. The zero-order chi connectivity index (χ0) is 9.68. The lowest BCUT2D eigenvalue weighted by molar-refractivity contribution is 0.0251. The third-order valence-corrected chi connectivity index (χ3v) is 2.98. The molecular formula is C10H22N2O. The van der Waals surface area contributed by atoms with Crippen molar-refractivity contribution >= 4 is 0 Å². The van der Waals surface area contributed by atoms with Crippen molar-refractivity contribution in [3.05, 3.63) is 0 Å². The van der Waals surface area contributed by atoms with E-state index >= 15 is 0 Å². The summed E-state index contributed by atoms with van der Waals surface area (Å²) in [5.41, 5.74) is 5.46. The van der Waals surface area contributed by atoms with Crippen LogP contribution in [0.1, 0.15) is 26.2 Å². The molecule has 3 N–H and O–H groups in total. The molecule has 1 aliphatic rings. The largest absolute Gasteiger partial charge is 0.393 e. The van der Waals surface area contributed by atoms with E-state index in [2.05, 4.69) is 11.8 Å². The summed E-state index contributed by atoms with van der Waals surface area (Å²) in [5, 5.41) is 9.66. The molecule has 0 aromatic rings. The number of hydrogen-bond acceptors (Lipinski definition) is 3. The minimum absolute atomic E-state index is 0.0703. The molecule has 2 atom stereocenters. The Balaban J connectivity index is 2.27. The number of rotatable bonds is 4. The van der Waals surface area contributed by atoms with E-state index in [0.717, 1.165) is 45.4 Å². The molecule has 1 rings (SSSR count). The van der Waals surface area contributed by atoms with E-state index < -0.39 is 0 Å². The van der Waals surface area contributed by atoms with Crippen molar-refractivity contribution in [2.24, 2.45) is 11.7 Å². The number of hydrogen-bond donors (Lipinski definition) is 2. The SMILES string of the molecule is CC[C@H]1CN(CCCN)CC[C@@H]1O. The molecule has 0 unspecified atom stereocenters. The first-order valence-electron chi connectivity index (χ1n) is 5.38. The molecule has 0 bridgehead atoms. The average Bonchev–Trinajstić information content (AvgIpc) is 2.16. The van der Waals surface area contributed by atoms with Crippen LogP contribution in [0.5, 0.6) is 0 Å². The van der Waals surface area contributed by atoms with Gasteiger partial charge in [-0.25, -0.2) is 0 Å². The monoisotopic (exact) mass is 186 g/mol. The molecule has 1 saturated heterocycles. The van der Waals surface area contributed by atoms with Crippen LogP contribution >= 0.6 is 0 Å². The second kappa shape index (κ2) is 5.58. The minimum atomic E-state index is -0.0703. The Morgan fingerprint density at radius 3 is 2.92 bits per heavy atom. The summed E-state index contributed by atoms with van der Waals surface area (Å²) >= 11 is 0. The Bertz CT molecular complexity index is 139. The van der Waals surface area contributed by atoms with Crippen LogP contribution in [0.3, 0.4) is 0 Å². The van der Waals surface area contributed by atoms with Gasteiger partial charge in [0.15, 0.2) is 0 Å². The molecule has 0 spiro atoms. The number of piperidine rings is 1. The third kappa shape index (κ3) is 3.25. The second-order valence-electron chi connectivity index (χ2n) is 3.97. The molecule has 1 heterocycles. The summed E-state index contributed by atoms with van der Waals surface area (Å²) in [6, 6.07) is 0. The summed E-state index contributed by atoms with van der Waals surface area (Å²) in [6.45, 7) is 6.12. The summed E-state index contributed by atoms with van der Waals surface area (Å²) < 4.78 is 0. The topological polar surface area (TPSA) is 49.5 Å². The first-order valence-corrected chi connectivity index (χ1v) is 5.38. The maximum atomic E-state index is 9.66. The minimum Gasteiger partial charge on any atom is -0.393 e. The number of aliphatic hydroxyl groups is 1. The molecule has 78 valence electrons. The van der Waals surface area contributed by atoms with E-state index in [1.807, 2.05) is 0 Å². The molecule has 13 heavy (non-hydrogen) atoms. The van der Waals surface area contributed by atoms with Gasteiger partial charge in [0.25, 0.3) is 0 Å². The molecule has 0 aromatic heterocycles. The van der Waals surface area contributed by atoms with Gasteiger partial charge in [0.2, 0.25) is 0 Å². The summed E-state index contributed by atoms with van der Waals surface area (Å²) in [5.74, 6) is 0.478. The fourth-order valence-electron chi connectivity index (χ4n) is 2.01. The van der Waals surface area contributed by atoms with Gasteiger partial charge in [0.1, 0.15) is 0 Å². The highest BCUT2D eigenvalue weighted by molar-refractivity contribution is 4.78. The average molecular weight is 186 g/mol. The Kier molecular flexibility index (Phi) is 4.70. The maximum Gasteiger partial charge on any atom is 0.0592 e. The highest BCUT2D eigenvalue weighted by Gasteiger charge is 2.25. The van der Waals surface area contributed by atoms with Gasteiger partial charge < -0.3 is 15.7 Å². The predicted molar refractivity (Wildman–Crippen MR) is 54.5 cm³/mol. The Morgan fingerprint density at radius 1 is 1.54 bits per heavy atom. The fourth-order valence-corrected chi connectivity index (χ4v) is 2.01. The summed E-state index contributed by atoms with van der Waals surface area (Å²) in [4.78, 5) is 2.42. The van der Waals surface area contributed by atoms with Crippen molar-refractivity contribution < 1.29 is 5.11 Å². The van der Waals surface area contributed by atoms with E-state index in [0.29, 0.717) is 5.92 Å².